The Morgan fingerprint density at radius 2 is 1.69 bits per heavy atom. The topological polar surface area (TPSA) is 78.6 Å². The zero-order chi connectivity index (χ0) is 27.6. The first-order chi connectivity index (χ1) is 18.7. The summed E-state index contributed by atoms with van der Waals surface area (Å²) in [5, 5.41) is 12.2. The van der Waals surface area contributed by atoms with Gasteiger partial charge in [0.25, 0.3) is 0 Å². The van der Waals surface area contributed by atoms with Gasteiger partial charge >= 0.3 is 6.18 Å². The second-order valence-corrected chi connectivity index (χ2v) is 8.40. The van der Waals surface area contributed by atoms with Crippen LogP contribution in [0.2, 0.25) is 0 Å². The molecule has 200 valence electrons. The van der Waals surface area contributed by atoms with Gasteiger partial charge in [-0.05, 0) is 42.5 Å². The first-order valence-electron chi connectivity index (χ1n) is 11.6. The third-order valence-corrected chi connectivity index (χ3v) is 5.67. The van der Waals surface area contributed by atoms with Crippen molar-refractivity contribution >= 4 is 0 Å². The molecule has 0 saturated carbocycles. The predicted molar refractivity (Wildman–Crippen MR) is 127 cm³/mol. The minimum absolute atomic E-state index is 0.00143. The number of benzene rings is 2. The number of nitrogens with zero attached hydrogens (tertiary/aromatic N) is 6. The number of rotatable bonds is 8. The van der Waals surface area contributed by atoms with Crippen LogP contribution in [0.1, 0.15) is 17.7 Å². The summed E-state index contributed by atoms with van der Waals surface area (Å²) < 4.78 is 87.8. The van der Waals surface area contributed by atoms with Gasteiger partial charge in [0.2, 0.25) is 0 Å². The van der Waals surface area contributed by atoms with Crippen molar-refractivity contribution in [1.29, 1.82) is 0 Å². The lowest BCUT2D eigenvalue weighted by Gasteiger charge is -2.15. The zero-order valence-electron chi connectivity index (χ0n) is 20.0. The highest BCUT2D eigenvalue weighted by Crippen LogP contribution is 2.38. The summed E-state index contributed by atoms with van der Waals surface area (Å²) >= 11 is 0. The molecular formula is C26H18F6N6O. The monoisotopic (exact) mass is 544 g/mol. The molecule has 2 aliphatic rings. The fourth-order valence-corrected chi connectivity index (χ4v) is 3.81. The first-order valence-corrected chi connectivity index (χ1v) is 11.6. The first kappa shape index (κ1) is 26.1. The summed E-state index contributed by atoms with van der Waals surface area (Å²) in [5.41, 5.74) is -0.0959. The van der Waals surface area contributed by atoms with Crippen molar-refractivity contribution in [3.05, 3.63) is 83.8 Å². The van der Waals surface area contributed by atoms with Gasteiger partial charge in [-0.25, -0.2) is 18.7 Å². The second kappa shape index (κ2) is 10.7. The van der Waals surface area contributed by atoms with Gasteiger partial charge in [-0.1, -0.05) is 6.07 Å². The highest BCUT2D eigenvalue weighted by Gasteiger charge is 2.34. The Kier molecular flexibility index (Phi) is 7.13. The molecule has 2 aromatic carbocycles. The van der Waals surface area contributed by atoms with Crippen molar-refractivity contribution in [3.8, 4) is 39.8 Å². The van der Waals surface area contributed by atoms with E-state index in [9.17, 15) is 26.3 Å². The minimum atomic E-state index is -4.68. The molecule has 0 saturated heterocycles. The number of alkyl halides is 4. The number of aromatic nitrogens is 6. The number of imidazole rings is 1. The number of fused-ring (bicyclic) bond motifs is 1. The molecule has 5 rings (SSSR count). The molecule has 0 bridgehead atoms. The molecule has 0 N–H and O–H groups in total. The maximum atomic E-state index is 14.1. The van der Waals surface area contributed by atoms with Gasteiger partial charge < -0.3 is 4.74 Å². The maximum absolute atomic E-state index is 14.1. The minimum Gasteiger partial charge on any atom is -0.493 e. The van der Waals surface area contributed by atoms with E-state index in [1.54, 1.807) is 0 Å². The Bertz CT molecular complexity index is 1570. The van der Waals surface area contributed by atoms with Gasteiger partial charge in [0, 0.05) is 12.0 Å². The van der Waals surface area contributed by atoms with Crippen LogP contribution in [-0.4, -0.2) is 43.2 Å². The molecule has 0 unspecified atom stereocenters. The molecule has 0 fully saturated rings. The molecule has 3 aromatic rings. The lowest BCUT2D eigenvalue weighted by atomic mass is 10.0. The quantitative estimate of drug-likeness (QED) is 0.177. The zero-order valence-corrected chi connectivity index (χ0v) is 20.0. The van der Waals surface area contributed by atoms with E-state index in [0.29, 0.717) is 17.1 Å². The van der Waals surface area contributed by atoms with Crippen LogP contribution >= 0.6 is 0 Å². The van der Waals surface area contributed by atoms with Crippen LogP contribution in [0.5, 0.6) is 5.75 Å². The molecule has 7 nitrogen and oxygen atoms in total. The summed E-state index contributed by atoms with van der Waals surface area (Å²) in [6, 6.07) is 10.1. The maximum Gasteiger partial charge on any atom is 0.417 e. The molecule has 0 spiro atoms. The SMILES string of the molecule is FCCCOc1ccc(-c2ccc(Cn3cc4nc(-c5cccc(F)c5F)nc-4cn3)nn2)c(C(F)(F)F)c1. The van der Waals surface area contributed by atoms with Crippen molar-refractivity contribution < 1.29 is 31.1 Å². The van der Waals surface area contributed by atoms with Gasteiger partial charge in [0.15, 0.2) is 17.5 Å². The second-order valence-electron chi connectivity index (χ2n) is 8.40. The van der Waals surface area contributed by atoms with Gasteiger partial charge in [0.05, 0.1) is 54.7 Å². The summed E-state index contributed by atoms with van der Waals surface area (Å²) in [6.07, 6.45) is -1.68. The highest BCUT2D eigenvalue weighted by molar-refractivity contribution is 5.66. The average Bonchev–Trinajstić information content (AvgIpc) is 3.33. The van der Waals surface area contributed by atoms with Crippen LogP contribution in [-0.2, 0) is 12.7 Å². The van der Waals surface area contributed by atoms with Crippen molar-refractivity contribution in [2.75, 3.05) is 13.3 Å². The molecule has 1 aromatic heterocycles. The molecule has 13 heteroatoms. The number of hydrogen-bond acceptors (Lipinski definition) is 6. The lowest BCUT2D eigenvalue weighted by molar-refractivity contribution is -0.137. The number of hydrogen-bond donors (Lipinski definition) is 0. The van der Waals surface area contributed by atoms with Crippen LogP contribution in [0.15, 0.2) is 60.9 Å². The smallest absolute Gasteiger partial charge is 0.417 e. The van der Waals surface area contributed by atoms with Gasteiger partial charge in [-0.15, -0.1) is 0 Å². The van der Waals surface area contributed by atoms with Gasteiger partial charge in [0.1, 0.15) is 17.1 Å². The van der Waals surface area contributed by atoms with Gasteiger partial charge in [-0.3, -0.25) is 9.07 Å². The van der Waals surface area contributed by atoms with Crippen LogP contribution in [0, 0.1) is 11.6 Å². The highest BCUT2D eigenvalue weighted by atomic mass is 19.4. The summed E-state index contributed by atoms with van der Waals surface area (Å²) in [4.78, 5) is 8.45. The fraction of sp³-hybridized carbons (Fsp3) is 0.192. The van der Waals surface area contributed by atoms with E-state index in [4.69, 9.17) is 4.74 Å². The Morgan fingerprint density at radius 3 is 2.44 bits per heavy atom. The van der Waals surface area contributed by atoms with Gasteiger partial charge in [-0.2, -0.15) is 28.5 Å². The van der Waals surface area contributed by atoms with Crippen LogP contribution < -0.4 is 4.74 Å². The van der Waals surface area contributed by atoms with E-state index in [2.05, 4.69) is 25.3 Å². The standard InChI is InChI=1S/C26H18F6N6O/c27-9-2-10-39-16-6-7-17(19(11-16)26(30,31)32)21-8-5-15(36-37-21)13-38-14-23-22(12-33-38)34-25(35-23)18-3-1-4-20(28)24(18)29/h1,3-8,11-12,14H,2,9-10,13H2. The third-order valence-electron chi connectivity index (χ3n) is 5.67. The lowest BCUT2D eigenvalue weighted by Crippen LogP contribution is -2.10. The Labute approximate surface area is 217 Å². The van der Waals surface area contributed by atoms with Crippen LogP contribution in [0.25, 0.3) is 34.0 Å². The van der Waals surface area contributed by atoms with E-state index in [-0.39, 0.29) is 48.0 Å². The molecule has 39 heavy (non-hydrogen) atoms. The fourth-order valence-electron chi connectivity index (χ4n) is 3.81. The number of halogens is 6. The predicted octanol–water partition coefficient (Wildman–Crippen LogP) is 5.99. The molecule has 0 radical (unpaired) electrons. The van der Waals surface area contributed by atoms with Crippen molar-refractivity contribution in [1.82, 2.24) is 29.9 Å². The van der Waals surface area contributed by atoms with E-state index in [1.165, 1.54) is 53.5 Å². The normalized spacial score (nSPS) is 11.7. The van der Waals surface area contributed by atoms with E-state index < -0.39 is 30.0 Å². The number of ether oxygens (including phenoxy) is 1. The van der Waals surface area contributed by atoms with E-state index >= 15 is 0 Å². The Balaban J connectivity index is 1.37. The van der Waals surface area contributed by atoms with Crippen LogP contribution in [0.3, 0.4) is 0 Å². The molecule has 0 aliphatic carbocycles. The summed E-state index contributed by atoms with van der Waals surface area (Å²) in [5.74, 6) is -2.10. The Morgan fingerprint density at radius 1 is 0.872 bits per heavy atom. The van der Waals surface area contributed by atoms with Crippen molar-refractivity contribution in [3.63, 3.8) is 0 Å². The van der Waals surface area contributed by atoms with Crippen molar-refractivity contribution in [2.45, 2.75) is 19.1 Å². The largest absolute Gasteiger partial charge is 0.493 e. The molecule has 3 heterocycles. The molecule has 2 aliphatic heterocycles. The summed E-state index contributed by atoms with van der Waals surface area (Å²) in [6.45, 7) is -0.574. The van der Waals surface area contributed by atoms with E-state index in [0.717, 1.165) is 12.1 Å². The third kappa shape index (κ3) is 5.66. The Hall–Kier alpha value is -4.55. The molecule has 0 atom stereocenters. The summed E-state index contributed by atoms with van der Waals surface area (Å²) in [7, 11) is 0. The molecular weight excluding hydrogens is 526 g/mol. The van der Waals surface area contributed by atoms with E-state index in [1.807, 2.05) is 0 Å². The van der Waals surface area contributed by atoms with Crippen LogP contribution in [0.4, 0.5) is 26.3 Å². The molecule has 0 amide bonds. The average molecular weight is 544 g/mol. The van der Waals surface area contributed by atoms with Crippen molar-refractivity contribution in [2.24, 2.45) is 0 Å².